The molecule has 1 aromatic carbocycles. The summed E-state index contributed by atoms with van der Waals surface area (Å²) < 4.78 is 4.99. The zero-order chi connectivity index (χ0) is 17.0. The summed E-state index contributed by atoms with van der Waals surface area (Å²) in [5, 5.41) is 13.5. The van der Waals surface area contributed by atoms with Crippen molar-refractivity contribution in [2.75, 3.05) is 25.0 Å². The highest BCUT2D eigenvalue weighted by Gasteiger charge is 2.32. The molecule has 1 saturated heterocycles. The van der Waals surface area contributed by atoms with Crippen molar-refractivity contribution in [3.05, 3.63) is 33.9 Å². The van der Waals surface area contributed by atoms with Gasteiger partial charge >= 0.3 is 5.97 Å². The minimum atomic E-state index is -0.616. The molecule has 2 rings (SSSR count). The van der Waals surface area contributed by atoms with Gasteiger partial charge in [0.2, 0.25) is 5.91 Å². The molecule has 1 aliphatic heterocycles. The van der Waals surface area contributed by atoms with E-state index in [4.69, 9.17) is 4.74 Å². The van der Waals surface area contributed by atoms with Crippen LogP contribution in [0.2, 0.25) is 0 Å². The standard InChI is InChI=1S/C15H19N3O5/c1-3-17-6-7-23-15(20)13(17)9-14(19)16-11-5-4-10(2)12(8-11)18(21)22/h4-5,8,13H,3,6-7,9H2,1-2H3,(H,16,19)/t13-/m1/s1. The van der Waals surface area contributed by atoms with Gasteiger partial charge in [0.25, 0.3) is 5.69 Å². The van der Waals surface area contributed by atoms with Gasteiger partial charge in [-0.15, -0.1) is 0 Å². The number of amides is 1. The van der Waals surface area contributed by atoms with Gasteiger partial charge in [0, 0.05) is 23.9 Å². The van der Waals surface area contributed by atoms with Crippen LogP contribution in [0.4, 0.5) is 11.4 Å². The van der Waals surface area contributed by atoms with E-state index in [1.165, 1.54) is 6.07 Å². The fourth-order valence-corrected chi connectivity index (χ4v) is 2.53. The number of nitro groups is 1. The largest absolute Gasteiger partial charge is 0.463 e. The number of ether oxygens (including phenoxy) is 1. The smallest absolute Gasteiger partial charge is 0.323 e. The van der Waals surface area contributed by atoms with Crippen molar-refractivity contribution in [3.8, 4) is 0 Å². The Kier molecular flexibility index (Phi) is 5.28. The van der Waals surface area contributed by atoms with E-state index in [0.29, 0.717) is 30.9 Å². The topological polar surface area (TPSA) is 102 Å². The number of carbonyl (C=O) groups is 2. The molecular formula is C15H19N3O5. The molecule has 0 spiro atoms. The summed E-state index contributed by atoms with van der Waals surface area (Å²) in [7, 11) is 0. The molecule has 0 radical (unpaired) electrons. The number of nitro benzene ring substituents is 1. The number of cyclic esters (lactones) is 1. The third-order valence-electron chi connectivity index (χ3n) is 3.81. The Morgan fingerprint density at radius 1 is 1.52 bits per heavy atom. The van der Waals surface area contributed by atoms with Gasteiger partial charge in [-0.1, -0.05) is 13.0 Å². The van der Waals surface area contributed by atoms with Crippen molar-refractivity contribution >= 4 is 23.3 Å². The van der Waals surface area contributed by atoms with Gasteiger partial charge in [-0.2, -0.15) is 0 Å². The number of benzene rings is 1. The second kappa shape index (κ2) is 7.19. The second-order valence-corrected chi connectivity index (χ2v) is 5.32. The average Bonchev–Trinajstić information content (AvgIpc) is 2.51. The summed E-state index contributed by atoms with van der Waals surface area (Å²) in [6, 6.07) is 3.86. The van der Waals surface area contributed by atoms with Crippen LogP contribution in [0.5, 0.6) is 0 Å². The molecule has 8 nitrogen and oxygen atoms in total. The molecule has 1 N–H and O–H groups in total. The lowest BCUT2D eigenvalue weighted by Gasteiger charge is -2.32. The fourth-order valence-electron chi connectivity index (χ4n) is 2.53. The summed E-state index contributed by atoms with van der Waals surface area (Å²) >= 11 is 0. The Morgan fingerprint density at radius 2 is 2.26 bits per heavy atom. The normalized spacial score (nSPS) is 18.3. The SMILES string of the molecule is CCN1CCOC(=O)[C@H]1CC(=O)Nc1ccc(C)c([N+](=O)[O-])c1. The summed E-state index contributed by atoms with van der Waals surface area (Å²) in [6.45, 7) is 5.10. The van der Waals surface area contributed by atoms with Crippen LogP contribution in [-0.4, -0.2) is 47.4 Å². The molecule has 1 atom stereocenters. The van der Waals surface area contributed by atoms with Crippen LogP contribution in [0, 0.1) is 17.0 Å². The number of rotatable bonds is 5. The summed E-state index contributed by atoms with van der Waals surface area (Å²) in [5.74, 6) is -0.798. The lowest BCUT2D eigenvalue weighted by atomic mass is 10.1. The minimum Gasteiger partial charge on any atom is -0.463 e. The number of morpholine rings is 1. The van der Waals surface area contributed by atoms with Crippen LogP contribution in [0.15, 0.2) is 18.2 Å². The minimum absolute atomic E-state index is 0.0473. The Bertz CT molecular complexity index is 632. The molecule has 1 aromatic rings. The molecule has 1 heterocycles. The molecule has 1 amide bonds. The Balaban J connectivity index is 2.05. The lowest BCUT2D eigenvalue weighted by Crippen LogP contribution is -2.50. The molecule has 0 aliphatic carbocycles. The monoisotopic (exact) mass is 321 g/mol. The molecule has 23 heavy (non-hydrogen) atoms. The number of aryl methyl sites for hydroxylation is 1. The van der Waals surface area contributed by atoms with E-state index in [1.54, 1.807) is 19.1 Å². The molecule has 0 bridgehead atoms. The Hall–Kier alpha value is -2.48. The third kappa shape index (κ3) is 4.04. The number of nitrogens with one attached hydrogen (secondary N) is 1. The van der Waals surface area contributed by atoms with Gasteiger partial charge in [-0.05, 0) is 19.5 Å². The van der Waals surface area contributed by atoms with Crippen LogP contribution < -0.4 is 5.32 Å². The number of nitrogens with zero attached hydrogens (tertiary/aromatic N) is 2. The van der Waals surface area contributed by atoms with Gasteiger partial charge in [0.15, 0.2) is 0 Å². The van der Waals surface area contributed by atoms with Gasteiger partial charge in [-0.3, -0.25) is 24.6 Å². The molecule has 8 heteroatoms. The van der Waals surface area contributed by atoms with Crippen molar-refractivity contribution in [1.82, 2.24) is 4.90 Å². The van der Waals surface area contributed by atoms with E-state index in [9.17, 15) is 19.7 Å². The number of likely N-dealkylation sites (N-methyl/N-ethyl adjacent to an activating group) is 1. The fraction of sp³-hybridized carbons (Fsp3) is 0.467. The molecule has 1 aliphatic rings. The van der Waals surface area contributed by atoms with E-state index >= 15 is 0 Å². The van der Waals surface area contributed by atoms with Crippen LogP contribution in [0.3, 0.4) is 0 Å². The highest BCUT2D eigenvalue weighted by Crippen LogP contribution is 2.22. The lowest BCUT2D eigenvalue weighted by molar-refractivity contribution is -0.385. The molecule has 1 fully saturated rings. The van der Waals surface area contributed by atoms with Crippen molar-refractivity contribution in [2.24, 2.45) is 0 Å². The van der Waals surface area contributed by atoms with E-state index in [0.717, 1.165) is 0 Å². The van der Waals surface area contributed by atoms with Crippen molar-refractivity contribution < 1.29 is 19.2 Å². The first-order valence-corrected chi connectivity index (χ1v) is 7.38. The van der Waals surface area contributed by atoms with E-state index in [-0.39, 0.29) is 18.0 Å². The van der Waals surface area contributed by atoms with Gasteiger partial charge in [0.1, 0.15) is 12.6 Å². The molecule has 0 unspecified atom stereocenters. The first-order valence-electron chi connectivity index (χ1n) is 7.38. The van der Waals surface area contributed by atoms with E-state index in [2.05, 4.69) is 5.32 Å². The highest BCUT2D eigenvalue weighted by molar-refractivity contribution is 5.94. The first-order chi connectivity index (χ1) is 10.9. The molecule has 0 aromatic heterocycles. The molecular weight excluding hydrogens is 302 g/mol. The van der Waals surface area contributed by atoms with Crippen molar-refractivity contribution in [1.29, 1.82) is 0 Å². The first kappa shape index (κ1) is 16.9. The number of esters is 1. The van der Waals surface area contributed by atoms with Crippen LogP contribution in [0.25, 0.3) is 0 Å². The maximum Gasteiger partial charge on any atom is 0.323 e. The predicted octanol–water partition coefficient (Wildman–Crippen LogP) is 1.48. The van der Waals surface area contributed by atoms with Gasteiger partial charge < -0.3 is 10.1 Å². The number of hydrogen-bond donors (Lipinski definition) is 1. The zero-order valence-corrected chi connectivity index (χ0v) is 13.1. The molecule has 0 saturated carbocycles. The van der Waals surface area contributed by atoms with Crippen LogP contribution >= 0.6 is 0 Å². The maximum atomic E-state index is 12.1. The second-order valence-electron chi connectivity index (χ2n) is 5.32. The van der Waals surface area contributed by atoms with Crippen molar-refractivity contribution in [2.45, 2.75) is 26.3 Å². The highest BCUT2D eigenvalue weighted by atomic mass is 16.6. The summed E-state index contributed by atoms with van der Waals surface area (Å²) in [4.78, 5) is 36.3. The van der Waals surface area contributed by atoms with Crippen LogP contribution in [-0.2, 0) is 14.3 Å². The number of carbonyl (C=O) groups excluding carboxylic acids is 2. The number of hydrogen-bond acceptors (Lipinski definition) is 6. The number of anilines is 1. The zero-order valence-electron chi connectivity index (χ0n) is 13.1. The van der Waals surface area contributed by atoms with Gasteiger partial charge in [-0.25, -0.2) is 0 Å². The van der Waals surface area contributed by atoms with E-state index < -0.39 is 16.9 Å². The van der Waals surface area contributed by atoms with E-state index in [1.807, 2.05) is 11.8 Å². The van der Waals surface area contributed by atoms with Crippen LogP contribution in [0.1, 0.15) is 18.9 Å². The maximum absolute atomic E-state index is 12.1. The van der Waals surface area contributed by atoms with Crippen molar-refractivity contribution in [3.63, 3.8) is 0 Å². The predicted molar refractivity (Wildman–Crippen MR) is 83.1 cm³/mol. The summed E-state index contributed by atoms with van der Waals surface area (Å²) in [5.41, 5.74) is 0.788. The summed E-state index contributed by atoms with van der Waals surface area (Å²) in [6.07, 6.45) is -0.0473. The Morgan fingerprint density at radius 3 is 2.91 bits per heavy atom. The third-order valence-corrected chi connectivity index (χ3v) is 3.81. The average molecular weight is 321 g/mol. The molecule has 124 valence electrons. The quantitative estimate of drug-likeness (QED) is 0.501. The van der Waals surface area contributed by atoms with Gasteiger partial charge in [0.05, 0.1) is 11.3 Å². The Labute approximate surface area is 133 Å².